The molecule has 3 rings (SSSR count). The summed E-state index contributed by atoms with van der Waals surface area (Å²) in [7, 11) is 0. The van der Waals surface area contributed by atoms with Crippen LogP contribution in [0.15, 0.2) is 30.3 Å². The Bertz CT molecular complexity index is 585. The average Bonchev–Trinajstić information content (AvgIpc) is 3.09. The molecular weight excluding hydrogens is 343 g/mol. The molecule has 26 heavy (non-hydrogen) atoms. The van der Waals surface area contributed by atoms with E-state index in [4.69, 9.17) is 0 Å². The monoisotopic (exact) mass is 369 g/mol. The fourth-order valence-electron chi connectivity index (χ4n) is 3.87. The SMILES string of the molecule is O=C(NCC1CCN(c2ccccc2)C1)C1CCN(CC(F)(F)F)CC1. The van der Waals surface area contributed by atoms with Crippen molar-refractivity contribution in [3.8, 4) is 0 Å². The number of hydrogen-bond acceptors (Lipinski definition) is 3. The van der Waals surface area contributed by atoms with E-state index in [2.05, 4.69) is 22.3 Å². The normalized spacial score (nSPS) is 22.6. The summed E-state index contributed by atoms with van der Waals surface area (Å²) < 4.78 is 37.3. The number of benzene rings is 1. The molecule has 2 heterocycles. The van der Waals surface area contributed by atoms with E-state index in [0.29, 0.717) is 38.4 Å². The smallest absolute Gasteiger partial charge is 0.371 e. The summed E-state index contributed by atoms with van der Waals surface area (Å²) >= 11 is 0. The number of para-hydroxylation sites is 1. The summed E-state index contributed by atoms with van der Waals surface area (Å²) in [5, 5.41) is 3.02. The molecule has 0 radical (unpaired) electrons. The van der Waals surface area contributed by atoms with Gasteiger partial charge in [0.25, 0.3) is 0 Å². The van der Waals surface area contributed by atoms with Crippen molar-refractivity contribution >= 4 is 11.6 Å². The van der Waals surface area contributed by atoms with Gasteiger partial charge in [0.15, 0.2) is 0 Å². The van der Waals surface area contributed by atoms with Crippen LogP contribution in [0.5, 0.6) is 0 Å². The largest absolute Gasteiger partial charge is 0.401 e. The lowest BCUT2D eigenvalue weighted by Gasteiger charge is -2.31. The second-order valence-electron chi connectivity index (χ2n) is 7.35. The Morgan fingerprint density at radius 1 is 1.08 bits per heavy atom. The number of amides is 1. The zero-order chi connectivity index (χ0) is 18.6. The number of nitrogens with zero attached hydrogens (tertiary/aromatic N) is 2. The first-order valence-electron chi connectivity index (χ1n) is 9.27. The van der Waals surface area contributed by atoms with Crippen molar-refractivity contribution in [1.29, 1.82) is 0 Å². The maximum absolute atomic E-state index is 12.4. The highest BCUT2D eigenvalue weighted by Gasteiger charge is 2.34. The predicted octanol–water partition coefficient (Wildman–Crippen LogP) is 2.90. The van der Waals surface area contributed by atoms with E-state index in [-0.39, 0.29) is 11.8 Å². The van der Waals surface area contributed by atoms with Crippen LogP contribution >= 0.6 is 0 Å². The van der Waals surface area contributed by atoms with E-state index >= 15 is 0 Å². The van der Waals surface area contributed by atoms with Crippen molar-refractivity contribution in [2.75, 3.05) is 44.2 Å². The van der Waals surface area contributed by atoms with Gasteiger partial charge in [0.1, 0.15) is 0 Å². The fourth-order valence-corrected chi connectivity index (χ4v) is 3.87. The summed E-state index contributed by atoms with van der Waals surface area (Å²) in [6.07, 6.45) is -2.12. The predicted molar refractivity (Wildman–Crippen MR) is 95.0 cm³/mol. The van der Waals surface area contributed by atoms with Gasteiger partial charge in [-0.25, -0.2) is 0 Å². The maximum Gasteiger partial charge on any atom is 0.401 e. The molecule has 2 aliphatic rings. The third kappa shape index (κ3) is 5.37. The van der Waals surface area contributed by atoms with Gasteiger partial charge in [-0.2, -0.15) is 13.2 Å². The molecule has 1 unspecified atom stereocenters. The van der Waals surface area contributed by atoms with Crippen LogP contribution in [0.1, 0.15) is 19.3 Å². The highest BCUT2D eigenvalue weighted by Crippen LogP contribution is 2.24. The lowest BCUT2D eigenvalue weighted by Crippen LogP contribution is -2.44. The minimum atomic E-state index is -4.16. The Hall–Kier alpha value is -1.76. The summed E-state index contributed by atoms with van der Waals surface area (Å²) in [6.45, 7) is 2.35. The Balaban J connectivity index is 1.37. The molecule has 144 valence electrons. The van der Waals surface area contributed by atoms with Crippen LogP contribution < -0.4 is 10.2 Å². The van der Waals surface area contributed by atoms with E-state index in [1.807, 2.05) is 18.2 Å². The van der Waals surface area contributed by atoms with Gasteiger partial charge >= 0.3 is 6.18 Å². The molecular formula is C19H26F3N3O. The molecule has 0 saturated carbocycles. The minimum absolute atomic E-state index is 0.00480. The number of nitrogens with one attached hydrogen (secondary N) is 1. The molecule has 2 aliphatic heterocycles. The number of carbonyl (C=O) groups excluding carboxylic acids is 1. The highest BCUT2D eigenvalue weighted by atomic mass is 19.4. The van der Waals surface area contributed by atoms with Crippen molar-refractivity contribution in [1.82, 2.24) is 10.2 Å². The third-order valence-electron chi connectivity index (χ3n) is 5.33. The molecule has 4 nitrogen and oxygen atoms in total. The maximum atomic E-state index is 12.4. The number of hydrogen-bond donors (Lipinski definition) is 1. The van der Waals surface area contributed by atoms with Crippen molar-refractivity contribution in [3.05, 3.63) is 30.3 Å². The van der Waals surface area contributed by atoms with Crippen LogP contribution in [0.2, 0.25) is 0 Å². The Kier molecular flexibility index (Phi) is 6.06. The van der Waals surface area contributed by atoms with Gasteiger partial charge in [-0.15, -0.1) is 0 Å². The highest BCUT2D eigenvalue weighted by molar-refractivity contribution is 5.78. The number of alkyl halides is 3. The number of likely N-dealkylation sites (tertiary alicyclic amines) is 1. The van der Waals surface area contributed by atoms with Crippen LogP contribution in [0.4, 0.5) is 18.9 Å². The van der Waals surface area contributed by atoms with Crippen molar-refractivity contribution in [2.24, 2.45) is 11.8 Å². The quantitative estimate of drug-likeness (QED) is 0.867. The number of rotatable bonds is 5. The molecule has 1 atom stereocenters. The molecule has 0 spiro atoms. The van der Waals surface area contributed by atoms with Crippen molar-refractivity contribution < 1.29 is 18.0 Å². The van der Waals surface area contributed by atoms with Gasteiger partial charge in [0.2, 0.25) is 5.91 Å². The van der Waals surface area contributed by atoms with Gasteiger partial charge in [0.05, 0.1) is 6.54 Å². The summed E-state index contributed by atoms with van der Waals surface area (Å²) in [6, 6.07) is 10.2. The second-order valence-corrected chi connectivity index (χ2v) is 7.35. The van der Waals surface area contributed by atoms with Gasteiger partial charge in [-0.05, 0) is 50.4 Å². The molecule has 1 N–H and O–H groups in total. The fraction of sp³-hybridized carbons (Fsp3) is 0.632. The van der Waals surface area contributed by atoms with Crippen LogP contribution in [0.25, 0.3) is 0 Å². The second kappa shape index (κ2) is 8.29. The Morgan fingerprint density at radius 3 is 2.42 bits per heavy atom. The van der Waals surface area contributed by atoms with Crippen LogP contribution in [-0.4, -0.2) is 56.3 Å². The van der Waals surface area contributed by atoms with Gasteiger partial charge < -0.3 is 10.2 Å². The van der Waals surface area contributed by atoms with Crippen molar-refractivity contribution in [2.45, 2.75) is 25.4 Å². The topological polar surface area (TPSA) is 35.6 Å². The first kappa shape index (κ1) is 19.0. The molecule has 1 aromatic carbocycles. The van der Waals surface area contributed by atoms with E-state index in [1.54, 1.807) is 0 Å². The summed E-state index contributed by atoms with van der Waals surface area (Å²) in [5.41, 5.74) is 1.21. The third-order valence-corrected chi connectivity index (χ3v) is 5.33. The molecule has 0 aliphatic carbocycles. The standard InChI is InChI=1S/C19H26F3N3O/c20-19(21,22)14-24-9-7-16(8-10-24)18(26)23-12-15-6-11-25(13-15)17-4-2-1-3-5-17/h1-5,15-16H,6-14H2,(H,23,26). The zero-order valence-corrected chi connectivity index (χ0v) is 14.8. The number of halogens is 3. The van der Waals surface area contributed by atoms with Gasteiger partial charge in [-0.1, -0.05) is 18.2 Å². The van der Waals surface area contributed by atoms with Gasteiger partial charge in [0, 0.05) is 31.2 Å². The number of carbonyl (C=O) groups is 1. The van der Waals surface area contributed by atoms with Crippen molar-refractivity contribution in [3.63, 3.8) is 0 Å². The summed E-state index contributed by atoms with van der Waals surface area (Å²) in [5.74, 6) is 0.255. The molecule has 0 bridgehead atoms. The molecule has 0 aromatic heterocycles. The average molecular weight is 369 g/mol. The Morgan fingerprint density at radius 2 is 1.77 bits per heavy atom. The Labute approximate surface area is 152 Å². The molecule has 1 aromatic rings. The van der Waals surface area contributed by atoms with E-state index in [0.717, 1.165) is 19.5 Å². The lowest BCUT2D eigenvalue weighted by atomic mass is 9.95. The first-order valence-corrected chi connectivity index (χ1v) is 9.27. The first-order chi connectivity index (χ1) is 12.4. The molecule has 2 fully saturated rings. The van der Waals surface area contributed by atoms with E-state index < -0.39 is 12.7 Å². The lowest BCUT2D eigenvalue weighted by molar-refractivity contribution is -0.149. The summed E-state index contributed by atoms with van der Waals surface area (Å²) in [4.78, 5) is 16.0. The molecule has 7 heteroatoms. The van der Waals surface area contributed by atoms with Crippen LogP contribution in [0.3, 0.4) is 0 Å². The van der Waals surface area contributed by atoms with Crippen LogP contribution in [-0.2, 0) is 4.79 Å². The molecule has 1 amide bonds. The van der Waals surface area contributed by atoms with Crippen LogP contribution in [0, 0.1) is 11.8 Å². The number of anilines is 1. The van der Waals surface area contributed by atoms with Gasteiger partial charge in [-0.3, -0.25) is 9.69 Å². The van der Waals surface area contributed by atoms with E-state index in [1.165, 1.54) is 10.6 Å². The minimum Gasteiger partial charge on any atom is -0.371 e. The number of piperidine rings is 1. The van der Waals surface area contributed by atoms with E-state index in [9.17, 15) is 18.0 Å². The molecule has 2 saturated heterocycles. The zero-order valence-electron chi connectivity index (χ0n) is 14.8.